The van der Waals surface area contributed by atoms with E-state index in [1.165, 1.54) is 0 Å². The molecule has 2 aromatic carbocycles. The molecule has 1 unspecified atom stereocenters. The summed E-state index contributed by atoms with van der Waals surface area (Å²) in [6, 6.07) is 16.1. The SMILES string of the molecule is CC(C)(C)OC(=O)N1CCN(C(=O)c2cc(-c3ccc(O)cc3)nc3c2c(C=Cc2ccc(C(=O)N4CCCCC4)cc2)nn3C2CCCCO2)CC1. The molecule has 7 rings (SSSR count). The van der Waals surface area contributed by atoms with Gasteiger partial charge < -0.3 is 29.3 Å². The summed E-state index contributed by atoms with van der Waals surface area (Å²) >= 11 is 0. The number of amides is 3. The summed E-state index contributed by atoms with van der Waals surface area (Å²) in [4.78, 5) is 50.9. The van der Waals surface area contributed by atoms with Crippen molar-refractivity contribution in [3.63, 3.8) is 0 Å². The molecule has 5 heterocycles. The monoisotopic (exact) mass is 720 g/mol. The molecule has 3 saturated heterocycles. The number of fused-ring (bicyclic) bond motifs is 1. The number of phenols is 1. The van der Waals surface area contributed by atoms with Crippen LogP contribution in [-0.4, -0.2) is 104 Å². The molecule has 1 N–H and O–H groups in total. The minimum Gasteiger partial charge on any atom is -0.508 e. The zero-order valence-corrected chi connectivity index (χ0v) is 30.8. The van der Waals surface area contributed by atoms with Crippen molar-refractivity contribution in [2.45, 2.75) is 71.1 Å². The summed E-state index contributed by atoms with van der Waals surface area (Å²) in [5, 5.41) is 15.7. The Morgan fingerprint density at radius 3 is 2.15 bits per heavy atom. The lowest BCUT2D eigenvalue weighted by atomic mass is 10.0. The second-order valence-corrected chi connectivity index (χ2v) is 15.0. The van der Waals surface area contributed by atoms with E-state index in [9.17, 15) is 19.5 Å². The van der Waals surface area contributed by atoms with Gasteiger partial charge in [-0.25, -0.2) is 14.5 Å². The molecule has 0 radical (unpaired) electrons. The van der Waals surface area contributed by atoms with E-state index in [1.807, 2.05) is 62.1 Å². The molecule has 0 spiro atoms. The lowest BCUT2D eigenvalue weighted by molar-refractivity contribution is -0.0370. The summed E-state index contributed by atoms with van der Waals surface area (Å²) in [6.07, 6.45) is 9.02. The molecule has 53 heavy (non-hydrogen) atoms. The van der Waals surface area contributed by atoms with Crippen LogP contribution in [0.2, 0.25) is 0 Å². The van der Waals surface area contributed by atoms with Crippen LogP contribution in [0.4, 0.5) is 4.79 Å². The van der Waals surface area contributed by atoms with Gasteiger partial charge in [0, 0.05) is 57.0 Å². The molecule has 3 aliphatic rings. The van der Waals surface area contributed by atoms with Crippen molar-refractivity contribution in [3.05, 3.63) is 77.0 Å². The molecule has 2 aromatic heterocycles. The van der Waals surface area contributed by atoms with E-state index in [-0.39, 0.29) is 23.8 Å². The fourth-order valence-corrected chi connectivity index (χ4v) is 7.13. The molecule has 12 heteroatoms. The number of aromatic hydroxyl groups is 1. The van der Waals surface area contributed by atoms with Crippen molar-refractivity contribution < 1.29 is 29.0 Å². The van der Waals surface area contributed by atoms with Crippen LogP contribution in [-0.2, 0) is 9.47 Å². The average Bonchev–Trinajstić information content (AvgIpc) is 3.55. The molecule has 3 aliphatic heterocycles. The Labute approximate surface area is 310 Å². The van der Waals surface area contributed by atoms with Gasteiger partial charge in [-0.1, -0.05) is 18.2 Å². The Morgan fingerprint density at radius 1 is 0.811 bits per heavy atom. The van der Waals surface area contributed by atoms with Gasteiger partial charge in [0.15, 0.2) is 11.9 Å². The Hall–Kier alpha value is -5.23. The molecule has 0 saturated carbocycles. The fraction of sp³-hybridized carbons (Fsp3) is 0.439. The number of carbonyl (C=O) groups excluding carboxylic acids is 3. The van der Waals surface area contributed by atoms with Gasteiger partial charge in [-0.3, -0.25) is 9.59 Å². The number of phenolic OH excluding ortho intramolecular Hbond substituents is 1. The highest BCUT2D eigenvalue weighted by Crippen LogP contribution is 2.34. The van der Waals surface area contributed by atoms with Crippen molar-refractivity contribution in [1.82, 2.24) is 29.5 Å². The predicted octanol–water partition coefficient (Wildman–Crippen LogP) is 6.99. The van der Waals surface area contributed by atoms with Crippen molar-refractivity contribution in [2.75, 3.05) is 45.9 Å². The smallest absolute Gasteiger partial charge is 0.410 e. The molecule has 3 fully saturated rings. The topological polar surface area (TPSA) is 130 Å². The maximum atomic E-state index is 14.6. The summed E-state index contributed by atoms with van der Waals surface area (Å²) in [7, 11) is 0. The van der Waals surface area contributed by atoms with E-state index < -0.39 is 11.7 Å². The third-order valence-corrected chi connectivity index (χ3v) is 9.96. The van der Waals surface area contributed by atoms with E-state index in [2.05, 4.69) is 0 Å². The summed E-state index contributed by atoms with van der Waals surface area (Å²) in [6.45, 7) is 9.06. The first-order chi connectivity index (χ1) is 25.5. The highest BCUT2D eigenvalue weighted by Gasteiger charge is 2.31. The summed E-state index contributed by atoms with van der Waals surface area (Å²) in [5.74, 6) is -0.00500. The standard InChI is InChI=1S/C41H48N6O6/c1-41(2,3)53-40(51)46-24-22-45(23-25-46)39(50)32-27-34(29-15-17-31(48)18-16-29)42-37-36(32)33(43-47(37)35-9-5-8-26-52-35)19-12-28-10-13-30(14-11-28)38(49)44-20-6-4-7-21-44/h10-19,27,35,48H,4-9,20-26H2,1-3H3. The van der Waals surface area contributed by atoms with Crippen molar-refractivity contribution in [3.8, 4) is 17.0 Å². The van der Waals surface area contributed by atoms with Crippen LogP contribution in [0.5, 0.6) is 5.75 Å². The van der Waals surface area contributed by atoms with E-state index >= 15 is 0 Å². The number of nitrogens with zero attached hydrogens (tertiary/aromatic N) is 6. The van der Waals surface area contributed by atoms with Crippen LogP contribution in [0.3, 0.4) is 0 Å². The quantitative estimate of drug-likeness (QED) is 0.226. The minimum atomic E-state index is -0.615. The maximum absolute atomic E-state index is 14.6. The lowest BCUT2D eigenvalue weighted by Gasteiger charge is -2.35. The van der Waals surface area contributed by atoms with E-state index in [0.717, 1.165) is 62.7 Å². The molecule has 1 atom stereocenters. The molecule has 4 aromatic rings. The van der Waals surface area contributed by atoms with Gasteiger partial charge in [0.1, 0.15) is 11.4 Å². The maximum Gasteiger partial charge on any atom is 0.410 e. The molecular weight excluding hydrogens is 672 g/mol. The van der Waals surface area contributed by atoms with Crippen LogP contribution in [0.1, 0.15) is 97.5 Å². The van der Waals surface area contributed by atoms with Crippen LogP contribution >= 0.6 is 0 Å². The second-order valence-electron chi connectivity index (χ2n) is 15.0. The Morgan fingerprint density at radius 2 is 1.49 bits per heavy atom. The van der Waals surface area contributed by atoms with Gasteiger partial charge in [0.05, 0.1) is 22.3 Å². The predicted molar refractivity (Wildman–Crippen MR) is 202 cm³/mol. The molecule has 0 aliphatic carbocycles. The molecule has 12 nitrogen and oxygen atoms in total. The van der Waals surface area contributed by atoms with E-state index in [1.54, 1.807) is 44.8 Å². The molecule has 0 bridgehead atoms. The minimum absolute atomic E-state index is 0.0584. The number of carbonyl (C=O) groups is 3. The zero-order valence-electron chi connectivity index (χ0n) is 30.8. The van der Waals surface area contributed by atoms with Gasteiger partial charge in [-0.05, 0) is 113 Å². The number of pyridine rings is 1. The van der Waals surface area contributed by atoms with Gasteiger partial charge >= 0.3 is 6.09 Å². The molecule has 278 valence electrons. The highest BCUT2D eigenvalue weighted by atomic mass is 16.6. The summed E-state index contributed by atoms with van der Waals surface area (Å²) in [5.41, 5.74) is 3.78. The number of hydrogen-bond donors (Lipinski definition) is 1. The third-order valence-electron chi connectivity index (χ3n) is 9.96. The lowest BCUT2D eigenvalue weighted by Crippen LogP contribution is -2.51. The number of hydrogen-bond acceptors (Lipinski definition) is 8. The number of rotatable bonds is 6. The van der Waals surface area contributed by atoms with Gasteiger partial charge in [0.25, 0.3) is 11.8 Å². The zero-order chi connectivity index (χ0) is 37.1. The Bertz CT molecular complexity index is 1980. The number of ether oxygens (including phenoxy) is 2. The van der Waals surface area contributed by atoms with Gasteiger partial charge in [-0.2, -0.15) is 5.10 Å². The highest BCUT2D eigenvalue weighted by molar-refractivity contribution is 6.09. The second kappa shape index (κ2) is 15.4. The third kappa shape index (κ3) is 8.22. The number of benzene rings is 2. The van der Waals surface area contributed by atoms with Gasteiger partial charge in [-0.15, -0.1) is 0 Å². The Balaban J connectivity index is 1.26. The van der Waals surface area contributed by atoms with Crippen LogP contribution in [0.15, 0.2) is 54.6 Å². The molecule has 3 amide bonds. The first-order valence-corrected chi connectivity index (χ1v) is 18.7. The van der Waals surface area contributed by atoms with Crippen LogP contribution in [0, 0.1) is 0 Å². The number of likely N-dealkylation sites (tertiary alicyclic amines) is 1. The van der Waals surface area contributed by atoms with Crippen molar-refractivity contribution in [1.29, 1.82) is 0 Å². The number of piperazine rings is 1. The molecular formula is C41H48N6O6. The van der Waals surface area contributed by atoms with Crippen molar-refractivity contribution >= 4 is 41.1 Å². The normalized spacial score (nSPS) is 18.5. The fourth-order valence-electron chi connectivity index (χ4n) is 7.13. The summed E-state index contributed by atoms with van der Waals surface area (Å²) < 4.78 is 13.6. The largest absolute Gasteiger partial charge is 0.508 e. The van der Waals surface area contributed by atoms with Crippen LogP contribution < -0.4 is 0 Å². The van der Waals surface area contributed by atoms with E-state index in [4.69, 9.17) is 19.6 Å². The Kier molecular flexibility index (Phi) is 10.5. The van der Waals surface area contributed by atoms with Gasteiger partial charge in [0.2, 0.25) is 0 Å². The average molecular weight is 721 g/mol. The van der Waals surface area contributed by atoms with Crippen LogP contribution in [0.25, 0.3) is 34.4 Å². The first-order valence-electron chi connectivity index (χ1n) is 18.7. The van der Waals surface area contributed by atoms with Crippen molar-refractivity contribution in [2.24, 2.45) is 0 Å². The number of piperidine rings is 1. The van der Waals surface area contributed by atoms with E-state index in [0.29, 0.717) is 66.3 Å². The first kappa shape index (κ1) is 36.1. The number of aromatic nitrogens is 3.